The summed E-state index contributed by atoms with van der Waals surface area (Å²) in [6.45, 7) is 7.83. The highest BCUT2D eigenvalue weighted by Gasteiger charge is 2.08. The molecule has 0 bridgehead atoms. The van der Waals surface area contributed by atoms with Crippen molar-refractivity contribution in [2.24, 2.45) is 10.9 Å². The van der Waals surface area contributed by atoms with Crippen LogP contribution in [0.1, 0.15) is 18.1 Å². The number of amidine groups is 1. The summed E-state index contributed by atoms with van der Waals surface area (Å²) in [6.07, 6.45) is 0. The number of benzene rings is 1. The van der Waals surface area contributed by atoms with Gasteiger partial charge in [-0.25, -0.2) is 4.39 Å². The van der Waals surface area contributed by atoms with E-state index in [2.05, 4.69) is 17.1 Å². The SMILES string of the molecule is C=C(C)COCCNCc1ccc(F)cc1/C(N)=N/O. The molecule has 1 rings (SSSR count). The molecule has 20 heavy (non-hydrogen) atoms. The Hall–Kier alpha value is -1.92. The quantitative estimate of drug-likeness (QED) is 0.169. The van der Waals surface area contributed by atoms with Gasteiger partial charge >= 0.3 is 0 Å². The predicted molar refractivity (Wildman–Crippen MR) is 76.3 cm³/mol. The molecule has 5 nitrogen and oxygen atoms in total. The number of ether oxygens (including phenoxy) is 1. The standard InChI is InChI=1S/C14H20FN3O2/c1-10(2)9-20-6-5-17-8-11-3-4-12(15)7-13(11)14(16)18-19/h3-4,7,17,19H,1,5-6,8-9H2,2H3,(H2,16,18). The third-order valence-corrected chi connectivity index (χ3v) is 2.54. The van der Waals surface area contributed by atoms with Gasteiger partial charge in [0, 0.05) is 18.7 Å². The molecule has 0 spiro atoms. The fourth-order valence-electron chi connectivity index (χ4n) is 1.61. The Morgan fingerprint density at radius 2 is 2.30 bits per heavy atom. The number of halogens is 1. The molecule has 0 saturated carbocycles. The van der Waals surface area contributed by atoms with E-state index in [9.17, 15) is 4.39 Å². The first-order valence-corrected chi connectivity index (χ1v) is 6.23. The second-order valence-corrected chi connectivity index (χ2v) is 4.47. The first-order valence-electron chi connectivity index (χ1n) is 6.23. The Balaban J connectivity index is 2.49. The third kappa shape index (κ3) is 5.38. The molecular formula is C14H20FN3O2. The van der Waals surface area contributed by atoms with Gasteiger partial charge in [-0.2, -0.15) is 0 Å². The van der Waals surface area contributed by atoms with Crippen LogP contribution in [-0.2, 0) is 11.3 Å². The molecule has 0 heterocycles. The number of hydrogen-bond acceptors (Lipinski definition) is 4. The highest BCUT2D eigenvalue weighted by atomic mass is 19.1. The minimum absolute atomic E-state index is 0.111. The molecule has 0 amide bonds. The van der Waals surface area contributed by atoms with Gasteiger partial charge in [-0.05, 0) is 24.6 Å². The lowest BCUT2D eigenvalue weighted by Crippen LogP contribution is -2.23. The van der Waals surface area contributed by atoms with Crippen LogP contribution in [0.15, 0.2) is 35.5 Å². The Kier molecular flexibility index (Phi) is 6.69. The minimum atomic E-state index is -0.430. The zero-order chi connectivity index (χ0) is 15.0. The van der Waals surface area contributed by atoms with Crippen molar-refractivity contribution in [2.45, 2.75) is 13.5 Å². The van der Waals surface area contributed by atoms with Crippen molar-refractivity contribution >= 4 is 5.84 Å². The number of oxime groups is 1. The van der Waals surface area contributed by atoms with Crippen LogP contribution in [0.25, 0.3) is 0 Å². The lowest BCUT2D eigenvalue weighted by atomic mass is 10.1. The highest BCUT2D eigenvalue weighted by molar-refractivity contribution is 5.98. The maximum absolute atomic E-state index is 13.2. The second kappa shape index (κ2) is 8.29. The summed E-state index contributed by atoms with van der Waals surface area (Å²) in [5, 5.41) is 14.7. The van der Waals surface area contributed by atoms with E-state index in [0.29, 0.717) is 31.9 Å². The normalized spacial score (nSPS) is 11.6. The summed E-state index contributed by atoms with van der Waals surface area (Å²) in [7, 11) is 0. The van der Waals surface area contributed by atoms with Crippen LogP contribution < -0.4 is 11.1 Å². The van der Waals surface area contributed by atoms with Crippen molar-refractivity contribution in [3.8, 4) is 0 Å². The van der Waals surface area contributed by atoms with Crippen molar-refractivity contribution in [1.29, 1.82) is 0 Å². The summed E-state index contributed by atoms with van der Waals surface area (Å²) in [5.41, 5.74) is 7.62. The fraction of sp³-hybridized carbons (Fsp3) is 0.357. The van der Waals surface area contributed by atoms with E-state index in [0.717, 1.165) is 11.1 Å². The molecule has 4 N–H and O–H groups in total. The zero-order valence-corrected chi connectivity index (χ0v) is 11.5. The zero-order valence-electron chi connectivity index (χ0n) is 11.5. The van der Waals surface area contributed by atoms with Gasteiger partial charge in [0.05, 0.1) is 13.2 Å². The molecule has 0 atom stereocenters. The summed E-state index contributed by atoms with van der Waals surface area (Å²) in [5.74, 6) is -0.542. The molecule has 0 aliphatic carbocycles. The second-order valence-electron chi connectivity index (χ2n) is 4.47. The summed E-state index contributed by atoms with van der Waals surface area (Å²) < 4.78 is 18.5. The third-order valence-electron chi connectivity index (χ3n) is 2.54. The van der Waals surface area contributed by atoms with Gasteiger partial charge in [-0.1, -0.05) is 23.4 Å². The van der Waals surface area contributed by atoms with E-state index >= 15 is 0 Å². The molecule has 1 aromatic carbocycles. The van der Waals surface area contributed by atoms with Gasteiger partial charge in [-0.3, -0.25) is 0 Å². The maximum Gasteiger partial charge on any atom is 0.170 e. The van der Waals surface area contributed by atoms with Gasteiger partial charge < -0.3 is 21.0 Å². The van der Waals surface area contributed by atoms with Crippen molar-refractivity contribution in [3.63, 3.8) is 0 Å². The Labute approximate surface area is 117 Å². The van der Waals surface area contributed by atoms with Gasteiger partial charge in [0.1, 0.15) is 5.82 Å². The molecule has 0 aliphatic rings. The summed E-state index contributed by atoms with van der Waals surface area (Å²) >= 11 is 0. The monoisotopic (exact) mass is 281 g/mol. The maximum atomic E-state index is 13.2. The van der Waals surface area contributed by atoms with Crippen molar-refractivity contribution in [1.82, 2.24) is 5.32 Å². The molecular weight excluding hydrogens is 261 g/mol. The number of nitrogens with zero attached hydrogens (tertiary/aromatic N) is 1. The first kappa shape index (κ1) is 16.1. The lowest BCUT2D eigenvalue weighted by Gasteiger charge is -2.10. The van der Waals surface area contributed by atoms with Gasteiger partial charge in [-0.15, -0.1) is 0 Å². The topological polar surface area (TPSA) is 79.9 Å². The largest absolute Gasteiger partial charge is 0.409 e. The number of hydrogen-bond donors (Lipinski definition) is 3. The smallest absolute Gasteiger partial charge is 0.170 e. The van der Waals surface area contributed by atoms with Crippen LogP contribution >= 0.6 is 0 Å². The van der Waals surface area contributed by atoms with Gasteiger partial charge in [0.2, 0.25) is 0 Å². The number of nitrogens with one attached hydrogen (secondary N) is 1. The lowest BCUT2D eigenvalue weighted by molar-refractivity contribution is 0.158. The molecule has 6 heteroatoms. The molecule has 0 radical (unpaired) electrons. The van der Waals surface area contributed by atoms with Gasteiger partial charge in [0.15, 0.2) is 5.84 Å². The fourth-order valence-corrected chi connectivity index (χ4v) is 1.61. The van der Waals surface area contributed by atoms with Crippen LogP contribution in [0.3, 0.4) is 0 Å². The molecule has 0 unspecified atom stereocenters. The Bertz CT molecular complexity index is 489. The summed E-state index contributed by atoms with van der Waals surface area (Å²) in [4.78, 5) is 0. The summed E-state index contributed by atoms with van der Waals surface area (Å²) in [6, 6.07) is 4.18. The first-order chi connectivity index (χ1) is 9.54. The van der Waals surface area contributed by atoms with Crippen molar-refractivity contribution in [2.75, 3.05) is 19.8 Å². The average Bonchev–Trinajstić information content (AvgIpc) is 2.42. The molecule has 1 aromatic rings. The van der Waals surface area contributed by atoms with Crippen LogP contribution in [0.5, 0.6) is 0 Å². The van der Waals surface area contributed by atoms with Crippen molar-refractivity contribution < 1.29 is 14.3 Å². The number of rotatable bonds is 8. The van der Waals surface area contributed by atoms with E-state index < -0.39 is 5.82 Å². The highest BCUT2D eigenvalue weighted by Crippen LogP contribution is 2.11. The predicted octanol–water partition coefficient (Wildman–Crippen LogP) is 1.60. The minimum Gasteiger partial charge on any atom is -0.409 e. The molecule has 0 saturated heterocycles. The van der Waals surface area contributed by atoms with E-state index in [1.807, 2.05) is 6.92 Å². The van der Waals surface area contributed by atoms with E-state index in [1.165, 1.54) is 12.1 Å². The van der Waals surface area contributed by atoms with E-state index in [4.69, 9.17) is 15.7 Å². The number of nitrogens with two attached hydrogens (primary N) is 1. The van der Waals surface area contributed by atoms with Crippen molar-refractivity contribution in [3.05, 3.63) is 47.3 Å². The molecule has 0 aliphatic heterocycles. The Morgan fingerprint density at radius 1 is 1.55 bits per heavy atom. The molecule has 0 fully saturated rings. The van der Waals surface area contributed by atoms with Gasteiger partial charge in [0.25, 0.3) is 0 Å². The van der Waals surface area contributed by atoms with Crippen LogP contribution in [0.4, 0.5) is 4.39 Å². The van der Waals surface area contributed by atoms with Crippen LogP contribution in [0, 0.1) is 5.82 Å². The average molecular weight is 281 g/mol. The van der Waals surface area contributed by atoms with E-state index in [1.54, 1.807) is 6.07 Å². The Morgan fingerprint density at radius 3 is 2.95 bits per heavy atom. The molecule has 0 aromatic heterocycles. The van der Waals surface area contributed by atoms with E-state index in [-0.39, 0.29) is 5.84 Å². The van der Waals surface area contributed by atoms with Crippen LogP contribution in [-0.4, -0.2) is 30.8 Å². The molecule has 110 valence electrons. The van der Waals surface area contributed by atoms with Crippen LogP contribution in [0.2, 0.25) is 0 Å².